The van der Waals surface area contributed by atoms with Gasteiger partial charge in [-0.15, -0.1) is 5.10 Å². The van der Waals surface area contributed by atoms with Gasteiger partial charge in [0.15, 0.2) is 5.17 Å². The number of amidine groups is 1. The Morgan fingerprint density at radius 2 is 2.17 bits per heavy atom. The second-order valence-corrected chi connectivity index (χ2v) is 6.36. The predicted molar refractivity (Wildman–Crippen MR) is 91.3 cm³/mol. The zero-order valence-electron chi connectivity index (χ0n) is 13.1. The van der Waals surface area contributed by atoms with Crippen LogP contribution >= 0.6 is 11.8 Å². The number of carbonyl (C=O) groups is 3. The lowest BCUT2D eigenvalue weighted by Crippen LogP contribution is -2.26. The second kappa shape index (κ2) is 7.73. The van der Waals surface area contributed by atoms with Crippen LogP contribution in [0.2, 0.25) is 0 Å². The Hall–Kier alpha value is -2.68. The SMILES string of the molecule is CN(C)C(=O)c1cccc(C=NN=C2NC(=O)C(CC(=O)O)S2)c1. The van der Waals surface area contributed by atoms with Crippen molar-refractivity contribution in [3.8, 4) is 0 Å². The number of amides is 2. The fraction of sp³-hybridized carbons (Fsp3) is 0.267. The van der Waals surface area contributed by atoms with Crippen molar-refractivity contribution in [2.24, 2.45) is 10.2 Å². The van der Waals surface area contributed by atoms with Gasteiger partial charge in [0.1, 0.15) is 5.25 Å². The van der Waals surface area contributed by atoms with Crippen molar-refractivity contribution in [1.82, 2.24) is 10.2 Å². The smallest absolute Gasteiger partial charge is 0.305 e. The van der Waals surface area contributed by atoms with E-state index >= 15 is 0 Å². The van der Waals surface area contributed by atoms with Crippen LogP contribution in [0, 0.1) is 0 Å². The number of carboxylic acid groups (broad SMARTS) is 1. The lowest BCUT2D eigenvalue weighted by Gasteiger charge is -2.10. The van der Waals surface area contributed by atoms with Crippen LogP contribution in [0.25, 0.3) is 0 Å². The maximum absolute atomic E-state index is 11.9. The van der Waals surface area contributed by atoms with Gasteiger partial charge >= 0.3 is 5.97 Å². The fourth-order valence-corrected chi connectivity index (χ4v) is 2.82. The molecule has 2 rings (SSSR count). The summed E-state index contributed by atoms with van der Waals surface area (Å²) in [5.74, 6) is -1.56. The van der Waals surface area contributed by atoms with E-state index in [-0.39, 0.29) is 17.5 Å². The molecule has 0 bridgehead atoms. The molecule has 1 aromatic rings. The molecule has 1 unspecified atom stereocenters. The largest absolute Gasteiger partial charge is 0.481 e. The van der Waals surface area contributed by atoms with Gasteiger partial charge in [-0.2, -0.15) is 5.10 Å². The fourth-order valence-electron chi connectivity index (χ4n) is 1.90. The van der Waals surface area contributed by atoms with Crippen molar-refractivity contribution < 1.29 is 19.5 Å². The Morgan fingerprint density at radius 1 is 1.42 bits per heavy atom. The second-order valence-electron chi connectivity index (χ2n) is 5.17. The molecule has 0 spiro atoms. The van der Waals surface area contributed by atoms with Crippen LogP contribution in [0.5, 0.6) is 0 Å². The first-order valence-electron chi connectivity index (χ1n) is 6.99. The van der Waals surface area contributed by atoms with E-state index in [9.17, 15) is 14.4 Å². The minimum absolute atomic E-state index is 0.119. The number of nitrogens with one attached hydrogen (secondary N) is 1. The first kappa shape index (κ1) is 17.7. The maximum atomic E-state index is 11.9. The number of nitrogens with zero attached hydrogens (tertiary/aromatic N) is 3. The molecule has 0 saturated carbocycles. The molecule has 1 aromatic carbocycles. The standard InChI is InChI=1S/C15H16N4O4S/c1-19(2)14(23)10-5-3-4-9(6-10)8-16-18-15-17-13(22)11(24-15)7-12(20)21/h3-6,8,11H,7H2,1-2H3,(H,20,21)(H,17,18,22). The van der Waals surface area contributed by atoms with Gasteiger partial charge in [0.25, 0.3) is 5.91 Å². The average molecular weight is 348 g/mol. The highest BCUT2D eigenvalue weighted by molar-refractivity contribution is 8.15. The van der Waals surface area contributed by atoms with Crippen LogP contribution in [0.4, 0.5) is 0 Å². The van der Waals surface area contributed by atoms with Crippen molar-refractivity contribution in [3.05, 3.63) is 35.4 Å². The molecule has 2 amide bonds. The molecule has 24 heavy (non-hydrogen) atoms. The molecule has 0 aliphatic carbocycles. The highest BCUT2D eigenvalue weighted by Gasteiger charge is 2.32. The molecule has 1 saturated heterocycles. The zero-order valence-corrected chi connectivity index (χ0v) is 13.9. The Morgan fingerprint density at radius 3 is 2.83 bits per heavy atom. The van der Waals surface area contributed by atoms with E-state index in [2.05, 4.69) is 15.5 Å². The van der Waals surface area contributed by atoms with Crippen LogP contribution in [0.3, 0.4) is 0 Å². The number of benzene rings is 1. The first-order chi connectivity index (χ1) is 11.4. The lowest BCUT2D eigenvalue weighted by molar-refractivity contribution is -0.138. The zero-order chi connectivity index (χ0) is 17.7. The summed E-state index contributed by atoms with van der Waals surface area (Å²) < 4.78 is 0. The summed E-state index contributed by atoms with van der Waals surface area (Å²) in [6, 6.07) is 6.89. The number of hydrogen-bond donors (Lipinski definition) is 2. The van der Waals surface area contributed by atoms with Crippen molar-refractivity contribution in [1.29, 1.82) is 0 Å². The highest BCUT2D eigenvalue weighted by atomic mass is 32.2. The Labute approximate surface area is 142 Å². The molecule has 0 aromatic heterocycles. The maximum Gasteiger partial charge on any atom is 0.305 e. The number of thioether (sulfide) groups is 1. The third-order valence-corrected chi connectivity index (χ3v) is 4.10. The monoisotopic (exact) mass is 348 g/mol. The third kappa shape index (κ3) is 4.66. The van der Waals surface area contributed by atoms with Gasteiger partial charge in [0.2, 0.25) is 5.91 Å². The van der Waals surface area contributed by atoms with Crippen LogP contribution in [0.1, 0.15) is 22.3 Å². The van der Waals surface area contributed by atoms with Gasteiger partial charge in [-0.1, -0.05) is 23.9 Å². The van der Waals surface area contributed by atoms with Crippen LogP contribution < -0.4 is 5.32 Å². The summed E-state index contributed by atoms with van der Waals surface area (Å²) in [5, 5.41) is 18.5. The summed E-state index contributed by atoms with van der Waals surface area (Å²) >= 11 is 1.03. The van der Waals surface area contributed by atoms with Crippen molar-refractivity contribution >= 4 is 40.9 Å². The first-order valence-corrected chi connectivity index (χ1v) is 7.87. The predicted octanol–water partition coefficient (Wildman–Crippen LogP) is 0.785. The van der Waals surface area contributed by atoms with E-state index in [1.807, 2.05) is 0 Å². The van der Waals surface area contributed by atoms with E-state index in [1.54, 1.807) is 38.4 Å². The van der Waals surface area contributed by atoms with Gasteiger partial charge in [-0.05, 0) is 17.7 Å². The third-order valence-electron chi connectivity index (χ3n) is 3.03. The van der Waals surface area contributed by atoms with E-state index in [0.29, 0.717) is 11.1 Å². The molecule has 126 valence electrons. The van der Waals surface area contributed by atoms with E-state index in [0.717, 1.165) is 11.8 Å². The van der Waals surface area contributed by atoms with Crippen LogP contribution in [0.15, 0.2) is 34.5 Å². The van der Waals surface area contributed by atoms with Gasteiger partial charge in [0, 0.05) is 19.7 Å². The summed E-state index contributed by atoms with van der Waals surface area (Å²) in [6.07, 6.45) is 1.19. The summed E-state index contributed by atoms with van der Waals surface area (Å²) in [4.78, 5) is 35.6. The molecular weight excluding hydrogens is 332 g/mol. The highest BCUT2D eigenvalue weighted by Crippen LogP contribution is 2.22. The van der Waals surface area contributed by atoms with Gasteiger partial charge in [-0.25, -0.2) is 0 Å². The molecule has 1 atom stereocenters. The summed E-state index contributed by atoms with van der Waals surface area (Å²) in [6.45, 7) is 0. The molecule has 1 aliphatic rings. The van der Waals surface area contributed by atoms with Gasteiger partial charge in [-0.3, -0.25) is 14.4 Å². The van der Waals surface area contributed by atoms with E-state index in [1.165, 1.54) is 11.1 Å². The van der Waals surface area contributed by atoms with Gasteiger partial charge in [0.05, 0.1) is 12.6 Å². The number of rotatable bonds is 5. The summed E-state index contributed by atoms with van der Waals surface area (Å²) in [7, 11) is 3.34. The Kier molecular flexibility index (Phi) is 5.69. The van der Waals surface area contributed by atoms with Gasteiger partial charge < -0.3 is 15.3 Å². The molecule has 8 nitrogen and oxygen atoms in total. The quantitative estimate of drug-likeness (QED) is 0.603. The molecule has 9 heteroatoms. The molecule has 1 heterocycles. The average Bonchev–Trinajstić information content (AvgIpc) is 2.86. The number of carbonyl (C=O) groups excluding carboxylic acids is 2. The van der Waals surface area contributed by atoms with Crippen molar-refractivity contribution in [2.45, 2.75) is 11.7 Å². The van der Waals surface area contributed by atoms with Crippen LogP contribution in [-0.2, 0) is 9.59 Å². The normalized spacial score (nSPS) is 18.8. The van der Waals surface area contributed by atoms with E-state index in [4.69, 9.17) is 5.11 Å². The lowest BCUT2D eigenvalue weighted by atomic mass is 10.1. The van der Waals surface area contributed by atoms with E-state index < -0.39 is 17.1 Å². The van der Waals surface area contributed by atoms with Crippen LogP contribution in [-0.4, -0.2) is 58.5 Å². The van der Waals surface area contributed by atoms with Crippen molar-refractivity contribution in [3.63, 3.8) is 0 Å². The Balaban J connectivity index is 2.04. The molecule has 1 aliphatic heterocycles. The molecule has 0 radical (unpaired) electrons. The molecule has 2 N–H and O–H groups in total. The minimum Gasteiger partial charge on any atom is -0.481 e. The Bertz CT molecular complexity index is 730. The summed E-state index contributed by atoms with van der Waals surface area (Å²) in [5.41, 5.74) is 1.21. The number of carboxylic acids is 1. The topological polar surface area (TPSA) is 111 Å². The van der Waals surface area contributed by atoms with Crippen molar-refractivity contribution in [2.75, 3.05) is 14.1 Å². The number of aliphatic carboxylic acids is 1. The molecule has 1 fully saturated rings. The molecular formula is C15H16N4O4S. The minimum atomic E-state index is -1.05. The number of hydrogen-bond acceptors (Lipinski definition) is 6.